The minimum Gasteiger partial charge on any atom is -0.394 e. The number of amides is 1. The van der Waals surface area contributed by atoms with Gasteiger partial charge in [0.05, 0.1) is 24.8 Å². The van der Waals surface area contributed by atoms with Crippen LogP contribution in [0.5, 0.6) is 0 Å². The molecule has 1 aromatic heterocycles. The Hall–Kier alpha value is -2.11. The predicted octanol–water partition coefficient (Wildman–Crippen LogP) is 1.59. The summed E-state index contributed by atoms with van der Waals surface area (Å²) in [5, 5.41) is 9.58. The second-order valence-electron chi connectivity index (χ2n) is 5.05. The Morgan fingerprint density at radius 2 is 2.14 bits per heavy atom. The molecule has 2 atom stereocenters. The van der Waals surface area contributed by atoms with Gasteiger partial charge in [0.15, 0.2) is 0 Å². The molecule has 5 heteroatoms. The molecule has 1 fully saturated rings. The van der Waals surface area contributed by atoms with Crippen LogP contribution in [0.25, 0.3) is 0 Å². The van der Waals surface area contributed by atoms with Gasteiger partial charge in [-0.1, -0.05) is 30.3 Å². The van der Waals surface area contributed by atoms with Crippen LogP contribution >= 0.6 is 0 Å². The van der Waals surface area contributed by atoms with Gasteiger partial charge < -0.3 is 19.7 Å². The van der Waals surface area contributed by atoms with E-state index in [9.17, 15) is 9.90 Å². The minimum atomic E-state index is -0.399. The Bertz CT molecular complexity index is 583. The fourth-order valence-corrected chi connectivity index (χ4v) is 2.78. The van der Waals surface area contributed by atoms with Crippen LogP contribution in [0.3, 0.4) is 0 Å². The Labute approximate surface area is 123 Å². The highest BCUT2D eigenvalue weighted by Gasteiger charge is 2.36. The lowest BCUT2D eigenvalue weighted by molar-refractivity contribution is -0.0811. The summed E-state index contributed by atoms with van der Waals surface area (Å²) in [5.41, 5.74) is 1.59. The number of aromatic nitrogens is 1. The molecule has 0 bridgehead atoms. The van der Waals surface area contributed by atoms with E-state index in [1.807, 2.05) is 30.3 Å². The molecular formula is C16H18N2O3. The van der Waals surface area contributed by atoms with Crippen molar-refractivity contribution >= 4 is 5.91 Å². The number of hydrogen-bond donors (Lipinski definition) is 2. The first-order valence-corrected chi connectivity index (χ1v) is 7.02. The zero-order chi connectivity index (χ0) is 14.7. The first-order chi connectivity index (χ1) is 10.3. The molecule has 1 aliphatic rings. The number of morpholine rings is 1. The highest BCUT2D eigenvalue weighted by molar-refractivity contribution is 5.94. The third kappa shape index (κ3) is 2.70. The van der Waals surface area contributed by atoms with E-state index in [-0.39, 0.29) is 18.6 Å². The van der Waals surface area contributed by atoms with Crippen LogP contribution < -0.4 is 0 Å². The molecule has 0 unspecified atom stereocenters. The smallest absolute Gasteiger partial charge is 0.256 e. The Morgan fingerprint density at radius 3 is 2.81 bits per heavy atom. The largest absolute Gasteiger partial charge is 0.394 e. The van der Waals surface area contributed by atoms with Gasteiger partial charge in [0.1, 0.15) is 6.10 Å². The number of rotatable bonds is 3. The molecule has 0 aliphatic carbocycles. The van der Waals surface area contributed by atoms with Gasteiger partial charge in [-0.3, -0.25) is 4.79 Å². The van der Waals surface area contributed by atoms with Gasteiger partial charge >= 0.3 is 0 Å². The van der Waals surface area contributed by atoms with Crippen LogP contribution in [-0.4, -0.2) is 46.8 Å². The molecule has 3 rings (SSSR count). The van der Waals surface area contributed by atoms with Gasteiger partial charge in [0, 0.05) is 18.9 Å². The SMILES string of the molecule is O=C(c1cc[nH]c1)N1CCO[C@@H](CO)[C@@H]1c1ccccc1. The first kappa shape index (κ1) is 13.9. The zero-order valence-electron chi connectivity index (χ0n) is 11.6. The summed E-state index contributed by atoms with van der Waals surface area (Å²) in [4.78, 5) is 17.4. The molecule has 2 N–H and O–H groups in total. The maximum absolute atomic E-state index is 12.7. The Morgan fingerprint density at radius 1 is 1.33 bits per heavy atom. The quantitative estimate of drug-likeness (QED) is 0.900. The van der Waals surface area contributed by atoms with E-state index in [1.165, 1.54) is 0 Å². The van der Waals surface area contributed by atoms with E-state index in [0.717, 1.165) is 5.56 Å². The number of aliphatic hydroxyl groups is 1. The third-order valence-corrected chi connectivity index (χ3v) is 3.78. The average molecular weight is 286 g/mol. The molecule has 1 amide bonds. The van der Waals surface area contributed by atoms with E-state index >= 15 is 0 Å². The van der Waals surface area contributed by atoms with Gasteiger partial charge in [-0.2, -0.15) is 0 Å². The van der Waals surface area contributed by atoms with Crippen molar-refractivity contribution in [1.82, 2.24) is 9.88 Å². The number of H-pyrrole nitrogens is 1. The monoisotopic (exact) mass is 286 g/mol. The van der Waals surface area contributed by atoms with Crippen LogP contribution in [0, 0.1) is 0 Å². The summed E-state index contributed by atoms with van der Waals surface area (Å²) >= 11 is 0. The van der Waals surface area contributed by atoms with Crippen molar-refractivity contribution in [2.24, 2.45) is 0 Å². The lowest BCUT2D eigenvalue weighted by atomic mass is 9.97. The number of nitrogens with zero attached hydrogens (tertiary/aromatic N) is 1. The van der Waals surface area contributed by atoms with Crippen LogP contribution in [0.15, 0.2) is 48.8 Å². The van der Waals surface area contributed by atoms with Gasteiger partial charge in [-0.25, -0.2) is 0 Å². The maximum Gasteiger partial charge on any atom is 0.256 e. The van der Waals surface area contributed by atoms with E-state index in [4.69, 9.17) is 4.74 Å². The van der Waals surface area contributed by atoms with E-state index in [0.29, 0.717) is 18.7 Å². The van der Waals surface area contributed by atoms with Crippen LogP contribution in [-0.2, 0) is 4.74 Å². The number of aliphatic hydroxyl groups excluding tert-OH is 1. The maximum atomic E-state index is 12.7. The van der Waals surface area contributed by atoms with Gasteiger partial charge in [0.25, 0.3) is 5.91 Å². The molecule has 1 saturated heterocycles. The second-order valence-corrected chi connectivity index (χ2v) is 5.05. The molecule has 2 heterocycles. The van der Waals surface area contributed by atoms with Crippen molar-refractivity contribution in [2.75, 3.05) is 19.8 Å². The number of carbonyl (C=O) groups is 1. The number of nitrogens with one attached hydrogen (secondary N) is 1. The van der Waals surface area contributed by atoms with Gasteiger partial charge in [0.2, 0.25) is 0 Å². The molecule has 0 saturated carbocycles. The highest BCUT2D eigenvalue weighted by Crippen LogP contribution is 2.30. The molecule has 21 heavy (non-hydrogen) atoms. The van der Waals surface area contributed by atoms with Crippen LogP contribution in [0.2, 0.25) is 0 Å². The fourth-order valence-electron chi connectivity index (χ4n) is 2.78. The summed E-state index contributed by atoms with van der Waals surface area (Å²) in [6, 6.07) is 11.2. The summed E-state index contributed by atoms with van der Waals surface area (Å²) in [6.45, 7) is 0.835. The number of ether oxygens (including phenoxy) is 1. The number of aromatic amines is 1. The van der Waals surface area contributed by atoms with Crippen molar-refractivity contribution in [3.05, 3.63) is 59.9 Å². The van der Waals surface area contributed by atoms with Crippen molar-refractivity contribution in [2.45, 2.75) is 12.1 Å². The summed E-state index contributed by atoms with van der Waals surface area (Å²) in [7, 11) is 0. The van der Waals surface area contributed by atoms with Crippen molar-refractivity contribution in [3.63, 3.8) is 0 Å². The summed E-state index contributed by atoms with van der Waals surface area (Å²) in [5.74, 6) is -0.0492. The molecule has 1 aliphatic heterocycles. The molecule has 0 spiro atoms. The van der Waals surface area contributed by atoms with Gasteiger partial charge in [-0.05, 0) is 11.6 Å². The molecule has 110 valence electrons. The summed E-state index contributed by atoms with van der Waals surface area (Å²) in [6.07, 6.45) is 3.02. The number of carbonyl (C=O) groups excluding carboxylic acids is 1. The predicted molar refractivity (Wildman–Crippen MR) is 77.8 cm³/mol. The average Bonchev–Trinajstić information content (AvgIpc) is 3.08. The van der Waals surface area contributed by atoms with Crippen molar-refractivity contribution in [3.8, 4) is 0 Å². The van der Waals surface area contributed by atoms with Crippen molar-refractivity contribution < 1.29 is 14.6 Å². The van der Waals surface area contributed by atoms with E-state index in [2.05, 4.69) is 4.98 Å². The Kier molecular flexibility index (Phi) is 4.03. The number of hydrogen-bond acceptors (Lipinski definition) is 3. The molecule has 0 radical (unpaired) electrons. The zero-order valence-corrected chi connectivity index (χ0v) is 11.6. The number of benzene rings is 1. The molecule has 2 aromatic rings. The van der Waals surface area contributed by atoms with E-state index < -0.39 is 6.10 Å². The van der Waals surface area contributed by atoms with E-state index in [1.54, 1.807) is 23.4 Å². The fraction of sp³-hybridized carbons (Fsp3) is 0.312. The van der Waals surface area contributed by atoms with Gasteiger partial charge in [-0.15, -0.1) is 0 Å². The third-order valence-electron chi connectivity index (χ3n) is 3.78. The Balaban J connectivity index is 1.94. The van der Waals surface area contributed by atoms with Crippen molar-refractivity contribution in [1.29, 1.82) is 0 Å². The van der Waals surface area contributed by atoms with Crippen LogP contribution in [0.4, 0.5) is 0 Å². The van der Waals surface area contributed by atoms with Crippen LogP contribution in [0.1, 0.15) is 22.0 Å². The molecule has 1 aromatic carbocycles. The lowest BCUT2D eigenvalue weighted by Gasteiger charge is -2.40. The lowest BCUT2D eigenvalue weighted by Crippen LogP contribution is -2.49. The normalized spacial score (nSPS) is 22.2. The summed E-state index contributed by atoms with van der Waals surface area (Å²) < 4.78 is 5.64. The second kappa shape index (κ2) is 6.11. The minimum absolute atomic E-state index is 0.0492. The molecule has 5 nitrogen and oxygen atoms in total. The standard InChI is InChI=1S/C16H18N2O3/c19-11-14-15(12-4-2-1-3-5-12)18(8-9-21-14)16(20)13-6-7-17-10-13/h1-7,10,14-15,17,19H,8-9,11H2/t14-,15-/m0/s1. The molecular weight excluding hydrogens is 268 g/mol. The highest BCUT2D eigenvalue weighted by atomic mass is 16.5. The topological polar surface area (TPSA) is 65.6 Å². The first-order valence-electron chi connectivity index (χ1n) is 7.02.